The molecule has 9 heteroatoms. The monoisotopic (exact) mass is 1140 g/mol. The molecule has 0 aliphatic rings. The lowest BCUT2D eigenvalue weighted by Gasteiger charge is -2.15. The van der Waals surface area contributed by atoms with Crippen molar-refractivity contribution < 1.29 is 0 Å². The predicted octanol–water partition coefficient (Wildman–Crippen LogP) is 19.8. The van der Waals surface area contributed by atoms with Gasteiger partial charge in [-0.1, -0.05) is 140 Å². The minimum atomic E-state index is 0.562. The van der Waals surface area contributed by atoms with Crippen molar-refractivity contribution in [3.8, 4) is 62.6 Å². The van der Waals surface area contributed by atoms with Crippen molar-refractivity contribution in [3.63, 3.8) is 0 Å². The van der Waals surface area contributed by atoms with E-state index in [-0.39, 0.29) is 0 Å². The third-order valence-electron chi connectivity index (χ3n) is 18.2. The Balaban J connectivity index is 0.748. The SMILES string of the molecule is c1ccc(-n2c3ccccc3c3ncccc32)c(-c2nc(-c3ccc(-n4c5ccccc5c5cc(-n6c7ccccc7c7ccccc76)ccc54)cc3)nc(-c3ccc(-n4c5ccccc5c5cc(-n6c7ccccc7c7ccccc76)ccc54)cc3)n2)c1. The van der Waals surface area contributed by atoms with E-state index < -0.39 is 0 Å². The highest BCUT2D eigenvalue weighted by molar-refractivity contribution is 6.14. The van der Waals surface area contributed by atoms with Gasteiger partial charge in [-0.25, -0.2) is 15.0 Å². The molecule has 0 bridgehead atoms. The van der Waals surface area contributed by atoms with Gasteiger partial charge in [0.05, 0.1) is 66.4 Å². The molecule has 0 atom stereocenters. The standard InChI is InChI=1S/C80H49N9/c1-9-26-66-56(18-1)57-19-2-10-27-67(57)87(66)54-43-45-74-64(48-54)60-22-5-13-30-70(60)85(74)52-39-35-50(36-40-52)78-82-79(84-80(83-78)63-25-8-16-33-73(63)89-72-32-15-7-24-62(72)77-76(89)34-17-47-81-77)51-37-41-53(42-38-51)86-71-31-14-6-23-61(71)65-49-55(44-46-75(65)86)88-68-28-11-3-20-58(68)59-21-4-12-29-69(59)88/h1-49H. The molecule has 0 unspecified atom stereocenters. The van der Waals surface area contributed by atoms with E-state index in [1.165, 1.54) is 65.2 Å². The summed E-state index contributed by atoms with van der Waals surface area (Å²) in [7, 11) is 0. The average molecular weight is 1140 g/mol. The van der Waals surface area contributed by atoms with Crippen LogP contribution in [-0.2, 0) is 0 Å². The molecule has 19 aromatic rings. The molecule has 0 radical (unpaired) electrons. The third-order valence-corrected chi connectivity index (χ3v) is 18.2. The van der Waals surface area contributed by atoms with Crippen LogP contribution in [0, 0.1) is 0 Å². The van der Waals surface area contributed by atoms with Gasteiger partial charge < -0.3 is 22.8 Å². The fraction of sp³-hybridized carbons (Fsp3) is 0. The summed E-state index contributed by atoms with van der Waals surface area (Å²) < 4.78 is 11.8. The van der Waals surface area contributed by atoms with E-state index in [1.807, 2.05) is 12.3 Å². The third kappa shape index (κ3) is 7.36. The summed E-state index contributed by atoms with van der Waals surface area (Å²) in [5, 5.41) is 10.8. The topological polar surface area (TPSA) is 76.2 Å². The zero-order valence-corrected chi connectivity index (χ0v) is 47.8. The second-order valence-corrected chi connectivity index (χ2v) is 23.0. The van der Waals surface area contributed by atoms with Gasteiger partial charge in [-0.3, -0.25) is 4.98 Å². The number of hydrogen-bond donors (Lipinski definition) is 0. The molecule has 0 aliphatic heterocycles. The number of fused-ring (bicyclic) bond motifs is 15. The molecule has 0 N–H and O–H groups in total. The first-order valence-electron chi connectivity index (χ1n) is 30.1. The second-order valence-electron chi connectivity index (χ2n) is 23.0. The van der Waals surface area contributed by atoms with Gasteiger partial charge in [0.2, 0.25) is 0 Å². The summed E-state index contributed by atoms with van der Waals surface area (Å²) in [6.45, 7) is 0. The van der Waals surface area contributed by atoms with Crippen LogP contribution in [0.5, 0.6) is 0 Å². The molecule has 19 rings (SSSR count). The smallest absolute Gasteiger partial charge is 0.166 e. The lowest BCUT2D eigenvalue weighted by molar-refractivity contribution is 1.06. The van der Waals surface area contributed by atoms with Crippen molar-refractivity contribution in [2.45, 2.75) is 0 Å². The van der Waals surface area contributed by atoms with Crippen LogP contribution >= 0.6 is 0 Å². The molecular formula is C80H49N9. The highest BCUT2D eigenvalue weighted by Gasteiger charge is 2.23. The number of rotatable bonds is 8. The highest BCUT2D eigenvalue weighted by atomic mass is 15.1. The van der Waals surface area contributed by atoms with Crippen LogP contribution in [0.15, 0.2) is 297 Å². The number of benzene rings is 12. The molecule has 9 nitrogen and oxygen atoms in total. The van der Waals surface area contributed by atoms with Crippen molar-refractivity contribution in [2.75, 3.05) is 0 Å². The minimum Gasteiger partial charge on any atom is -0.309 e. The summed E-state index contributed by atoms with van der Waals surface area (Å²) >= 11 is 0. The number of aromatic nitrogens is 9. The maximum atomic E-state index is 5.42. The fourth-order valence-corrected chi connectivity index (χ4v) is 14.3. The van der Waals surface area contributed by atoms with Crippen LogP contribution in [0.4, 0.5) is 0 Å². The maximum absolute atomic E-state index is 5.42. The Hall–Kier alpha value is -12.2. The van der Waals surface area contributed by atoms with Gasteiger partial charge in [0, 0.05) is 94.1 Å². The number of para-hydroxylation sites is 8. The average Bonchev–Trinajstić information content (AvgIpc) is 1.74. The van der Waals surface area contributed by atoms with Crippen LogP contribution in [0.1, 0.15) is 0 Å². The van der Waals surface area contributed by atoms with Crippen LogP contribution in [0.2, 0.25) is 0 Å². The molecule has 0 fully saturated rings. The zero-order chi connectivity index (χ0) is 58.3. The van der Waals surface area contributed by atoms with Gasteiger partial charge in [-0.15, -0.1) is 0 Å². The van der Waals surface area contributed by atoms with Crippen molar-refractivity contribution in [1.82, 2.24) is 42.8 Å². The van der Waals surface area contributed by atoms with Crippen LogP contribution < -0.4 is 0 Å². The Bertz CT molecular complexity index is 5660. The Kier molecular flexibility index (Phi) is 10.6. The maximum Gasteiger partial charge on any atom is 0.166 e. The molecule has 414 valence electrons. The first kappa shape index (κ1) is 49.1. The summed E-state index contributed by atoms with van der Waals surface area (Å²) in [5.74, 6) is 1.70. The van der Waals surface area contributed by atoms with E-state index >= 15 is 0 Å². The fourth-order valence-electron chi connectivity index (χ4n) is 14.3. The predicted molar refractivity (Wildman–Crippen MR) is 366 cm³/mol. The molecule has 7 aromatic heterocycles. The van der Waals surface area contributed by atoms with E-state index in [2.05, 4.69) is 308 Å². The van der Waals surface area contributed by atoms with Crippen molar-refractivity contribution >= 4 is 109 Å². The Morgan fingerprint density at radius 3 is 0.966 bits per heavy atom. The summed E-state index contributed by atoms with van der Waals surface area (Å²) in [5.41, 5.74) is 20.1. The van der Waals surface area contributed by atoms with Crippen molar-refractivity contribution in [3.05, 3.63) is 297 Å². The van der Waals surface area contributed by atoms with E-state index in [1.54, 1.807) is 0 Å². The van der Waals surface area contributed by atoms with E-state index in [0.29, 0.717) is 17.5 Å². The normalized spacial score (nSPS) is 12.0. The van der Waals surface area contributed by atoms with Gasteiger partial charge in [-0.05, 0) is 152 Å². The molecule has 0 saturated heterocycles. The highest BCUT2D eigenvalue weighted by Crippen LogP contribution is 2.41. The minimum absolute atomic E-state index is 0.562. The van der Waals surface area contributed by atoms with Crippen LogP contribution in [0.25, 0.3) is 172 Å². The number of pyridine rings is 1. The molecule has 7 heterocycles. The van der Waals surface area contributed by atoms with Crippen molar-refractivity contribution in [2.24, 2.45) is 0 Å². The lowest BCUT2D eigenvalue weighted by atomic mass is 10.1. The number of hydrogen-bond acceptors (Lipinski definition) is 4. The first-order valence-corrected chi connectivity index (χ1v) is 30.1. The molecule has 0 amide bonds. The molecule has 0 saturated carbocycles. The Morgan fingerprint density at radius 1 is 0.213 bits per heavy atom. The van der Waals surface area contributed by atoms with E-state index in [0.717, 1.165) is 89.1 Å². The molecule has 12 aromatic carbocycles. The second kappa shape index (κ2) is 19.2. The van der Waals surface area contributed by atoms with Crippen molar-refractivity contribution in [1.29, 1.82) is 0 Å². The van der Waals surface area contributed by atoms with Gasteiger partial charge in [-0.2, -0.15) is 0 Å². The van der Waals surface area contributed by atoms with Gasteiger partial charge in [0.15, 0.2) is 17.5 Å². The van der Waals surface area contributed by atoms with Gasteiger partial charge in [0.25, 0.3) is 0 Å². The molecule has 89 heavy (non-hydrogen) atoms. The van der Waals surface area contributed by atoms with Crippen LogP contribution in [-0.4, -0.2) is 42.8 Å². The summed E-state index contributed by atoms with van der Waals surface area (Å²) in [6, 6.07) is 104. The van der Waals surface area contributed by atoms with Gasteiger partial charge >= 0.3 is 0 Å². The van der Waals surface area contributed by atoms with E-state index in [9.17, 15) is 0 Å². The summed E-state index contributed by atoms with van der Waals surface area (Å²) in [4.78, 5) is 21.1. The quantitative estimate of drug-likeness (QED) is 0.152. The lowest BCUT2D eigenvalue weighted by Crippen LogP contribution is -2.04. The molecule has 0 aliphatic carbocycles. The molecule has 0 spiro atoms. The summed E-state index contributed by atoms with van der Waals surface area (Å²) in [6.07, 6.45) is 1.86. The van der Waals surface area contributed by atoms with Crippen LogP contribution in [0.3, 0.4) is 0 Å². The number of nitrogens with zero attached hydrogens (tertiary/aromatic N) is 9. The van der Waals surface area contributed by atoms with E-state index in [4.69, 9.17) is 19.9 Å². The molecular weight excluding hydrogens is 1090 g/mol. The first-order chi connectivity index (χ1) is 44.2. The zero-order valence-electron chi connectivity index (χ0n) is 47.8. The Labute approximate surface area is 509 Å². The largest absolute Gasteiger partial charge is 0.309 e. The Morgan fingerprint density at radius 2 is 0.528 bits per heavy atom. The van der Waals surface area contributed by atoms with Gasteiger partial charge in [0.1, 0.15) is 0 Å².